The fourth-order valence-electron chi connectivity index (χ4n) is 9.50. The predicted molar refractivity (Wildman–Crippen MR) is 171 cm³/mol. The Morgan fingerprint density at radius 3 is 2.55 bits per heavy atom. The molecule has 1 N–H and O–H groups in total. The Kier molecular flexibility index (Phi) is 9.03. The molecule has 0 saturated heterocycles. The number of fused-ring (bicyclic) bond motifs is 5. The van der Waals surface area contributed by atoms with Gasteiger partial charge in [0, 0.05) is 12.5 Å². The van der Waals surface area contributed by atoms with Crippen molar-refractivity contribution in [3.8, 4) is 11.5 Å². The molecule has 42 heavy (non-hydrogen) atoms. The molecular weight excluding hydrogens is 520 g/mol. The van der Waals surface area contributed by atoms with Gasteiger partial charge in [0.1, 0.15) is 6.10 Å². The summed E-state index contributed by atoms with van der Waals surface area (Å²) >= 11 is 0. The van der Waals surface area contributed by atoms with E-state index < -0.39 is 0 Å². The first-order chi connectivity index (χ1) is 20.0. The maximum Gasteiger partial charge on any atom is 0.331 e. The Morgan fingerprint density at radius 2 is 1.81 bits per heavy atom. The quantitative estimate of drug-likeness (QED) is 0.191. The van der Waals surface area contributed by atoms with Crippen LogP contribution in [-0.2, 0) is 9.53 Å². The Labute approximate surface area is 254 Å². The molecule has 0 heterocycles. The van der Waals surface area contributed by atoms with E-state index >= 15 is 0 Å². The number of carbonyl (C=O) groups is 1. The van der Waals surface area contributed by atoms with E-state index in [1.807, 2.05) is 0 Å². The average Bonchev–Trinajstić information content (AvgIpc) is 3.32. The van der Waals surface area contributed by atoms with Gasteiger partial charge in [0.05, 0.1) is 7.11 Å². The molecule has 0 radical (unpaired) electrons. The van der Waals surface area contributed by atoms with Crippen molar-refractivity contribution >= 4 is 12.0 Å². The Morgan fingerprint density at radius 1 is 1.02 bits per heavy atom. The van der Waals surface area contributed by atoms with Crippen molar-refractivity contribution in [2.45, 2.75) is 99.0 Å². The van der Waals surface area contributed by atoms with Gasteiger partial charge in [-0.1, -0.05) is 71.4 Å². The molecular formula is C38H54O4. The summed E-state index contributed by atoms with van der Waals surface area (Å²) in [6, 6.07) is 5.03. The number of carbonyl (C=O) groups excluding carboxylic acids is 1. The van der Waals surface area contributed by atoms with Gasteiger partial charge in [-0.3, -0.25) is 0 Å². The maximum atomic E-state index is 12.7. The summed E-state index contributed by atoms with van der Waals surface area (Å²) in [4.78, 5) is 12.7. The van der Waals surface area contributed by atoms with Gasteiger partial charge in [-0.15, -0.1) is 0 Å². The summed E-state index contributed by atoms with van der Waals surface area (Å²) in [5.41, 5.74) is 3.01. The summed E-state index contributed by atoms with van der Waals surface area (Å²) < 4.78 is 11.1. The molecule has 3 fully saturated rings. The van der Waals surface area contributed by atoms with Crippen LogP contribution in [0.2, 0.25) is 0 Å². The maximum absolute atomic E-state index is 12.7. The van der Waals surface area contributed by atoms with Gasteiger partial charge in [-0.2, -0.15) is 0 Å². The van der Waals surface area contributed by atoms with Crippen LogP contribution in [0.5, 0.6) is 11.5 Å². The molecule has 1 aromatic rings. The van der Waals surface area contributed by atoms with Crippen molar-refractivity contribution in [2.75, 3.05) is 7.11 Å². The SMILES string of the molecule is COc1cc(/C=C/C(=O)OC2CCC3(C)C(=CCC4C3CCC3(C)C(C(C)/C=C/C(C)C(C)C)CCC43)C2)ccc1O. The summed E-state index contributed by atoms with van der Waals surface area (Å²) in [5.74, 6) is 5.32. The lowest BCUT2D eigenvalue weighted by molar-refractivity contribution is -0.145. The first-order valence-electron chi connectivity index (χ1n) is 16.6. The van der Waals surface area contributed by atoms with E-state index in [0.29, 0.717) is 28.9 Å². The van der Waals surface area contributed by atoms with E-state index in [4.69, 9.17) is 9.47 Å². The molecule has 9 unspecified atom stereocenters. The first-order valence-corrected chi connectivity index (χ1v) is 16.6. The molecule has 4 nitrogen and oxygen atoms in total. The number of hydrogen-bond donors (Lipinski definition) is 1. The van der Waals surface area contributed by atoms with Crippen molar-refractivity contribution in [1.82, 2.24) is 0 Å². The van der Waals surface area contributed by atoms with Crippen LogP contribution in [0.4, 0.5) is 0 Å². The molecule has 4 aliphatic rings. The number of esters is 1. The minimum atomic E-state index is -0.304. The average molecular weight is 575 g/mol. The standard InChI is InChI=1S/C38H54O4/c1-24(2)25(3)8-9-26(4)31-14-15-32-30-13-12-28-23-29(18-20-37(28,5)33(30)19-21-38(31,32)6)42-36(40)17-11-27-10-16-34(39)35(22-27)41-7/h8-12,16-17,22,24-26,29-33,39H,13-15,18-21,23H2,1-7H3/b9-8+,17-11+. The van der Waals surface area contributed by atoms with Crippen LogP contribution >= 0.6 is 0 Å². The molecule has 0 spiro atoms. The van der Waals surface area contributed by atoms with Gasteiger partial charge in [-0.25, -0.2) is 4.79 Å². The number of rotatable bonds is 8. The van der Waals surface area contributed by atoms with Crippen LogP contribution in [0.25, 0.3) is 6.08 Å². The second kappa shape index (κ2) is 12.2. The number of ether oxygens (including phenoxy) is 2. The molecule has 4 aliphatic carbocycles. The Bertz CT molecular complexity index is 1230. The van der Waals surface area contributed by atoms with Gasteiger partial charge in [0.15, 0.2) is 11.5 Å². The summed E-state index contributed by atoms with van der Waals surface area (Å²) in [7, 11) is 1.51. The van der Waals surface area contributed by atoms with Crippen molar-refractivity contribution in [2.24, 2.45) is 52.3 Å². The van der Waals surface area contributed by atoms with Crippen LogP contribution in [0.3, 0.4) is 0 Å². The summed E-state index contributed by atoms with van der Waals surface area (Å²) in [6.45, 7) is 14.7. The highest BCUT2D eigenvalue weighted by Gasteiger charge is 2.59. The van der Waals surface area contributed by atoms with Gasteiger partial charge in [-0.05, 0) is 121 Å². The molecule has 0 bridgehead atoms. The van der Waals surface area contributed by atoms with E-state index in [9.17, 15) is 9.90 Å². The molecule has 9 atom stereocenters. The lowest BCUT2D eigenvalue weighted by Crippen LogP contribution is -2.51. The Balaban J connectivity index is 1.22. The minimum absolute atomic E-state index is 0.0574. The highest BCUT2D eigenvalue weighted by Crippen LogP contribution is 2.67. The van der Waals surface area contributed by atoms with Crippen LogP contribution in [-0.4, -0.2) is 24.3 Å². The lowest BCUT2D eigenvalue weighted by Gasteiger charge is -2.58. The number of allylic oxidation sites excluding steroid dienone is 3. The van der Waals surface area contributed by atoms with Crippen LogP contribution < -0.4 is 4.74 Å². The zero-order valence-electron chi connectivity index (χ0n) is 27.1. The molecule has 0 aliphatic heterocycles. The fourth-order valence-corrected chi connectivity index (χ4v) is 9.50. The number of phenols is 1. The van der Waals surface area contributed by atoms with Gasteiger partial charge in [0.2, 0.25) is 0 Å². The van der Waals surface area contributed by atoms with E-state index in [2.05, 4.69) is 59.8 Å². The van der Waals surface area contributed by atoms with Crippen molar-refractivity contribution in [3.05, 3.63) is 53.6 Å². The molecule has 230 valence electrons. The third-order valence-electron chi connectivity index (χ3n) is 12.4. The normalized spacial score (nSPS) is 35.8. The van der Waals surface area contributed by atoms with E-state index in [1.54, 1.807) is 24.3 Å². The van der Waals surface area contributed by atoms with Crippen LogP contribution in [0, 0.1) is 52.3 Å². The number of methoxy groups -OCH3 is 1. The monoisotopic (exact) mass is 574 g/mol. The van der Waals surface area contributed by atoms with Gasteiger partial charge < -0.3 is 14.6 Å². The molecule has 3 saturated carbocycles. The Hall–Kier alpha value is -2.49. The zero-order valence-corrected chi connectivity index (χ0v) is 27.1. The predicted octanol–water partition coefficient (Wildman–Crippen LogP) is 9.39. The topological polar surface area (TPSA) is 55.8 Å². The number of hydrogen-bond acceptors (Lipinski definition) is 4. The van der Waals surface area contributed by atoms with E-state index in [0.717, 1.165) is 48.5 Å². The van der Waals surface area contributed by atoms with Crippen LogP contribution in [0.1, 0.15) is 98.5 Å². The molecule has 0 aromatic heterocycles. The number of aromatic hydroxyl groups is 1. The van der Waals surface area contributed by atoms with Crippen molar-refractivity contribution in [3.63, 3.8) is 0 Å². The van der Waals surface area contributed by atoms with Gasteiger partial charge >= 0.3 is 5.97 Å². The minimum Gasteiger partial charge on any atom is -0.504 e. The van der Waals surface area contributed by atoms with E-state index in [1.165, 1.54) is 50.9 Å². The number of benzene rings is 1. The number of phenolic OH excluding ortho intramolecular Hbond substituents is 1. The zero-order chi connectivity index (χ0) is 30.2. The highest BCUT2D eigenvalue weighted by molar-refractivity contribution is 5.87. The lowest BCUT2D eigenvalue weighted by atomic mass is 9.47. The summed E-state index contributed by atoms with van der Waals surface area (Å²) in [6.07, 6.45) is 20.3. The van der Waals surface area contributed by atoms with Gasteiger partial charge in [0.25, 0.3) is 0 Å². The van der Waals surface area contributed by atoms with E-state index in [-0.39, 0.29) is 23.2 Å². The molecule has 1 aromatic carbocycles. The second-order valence-electron chi connectivity index (χ2n) is 14.9. The van der Waals surface area contributed by atoms with Crippen LogP contribution in [0.15, 0.2) is 48.1 Å². The van der Waals surface area contributed by atoms with Crippen molar-refractivity contribution < 1.29 is 19.4 Å². The third kappa shape index (κ3) is 5.84. The molecule has 5 rings (SSSR count). The second-order valence-corrected chi connectivity index (χ2v) is 14.9. The summed E-state index contributed by atoms with van der Waals surface area (Å²) in [5, 5.41) is 9.81. The molecule has 4 heteroatoms. The fraction of sp³-hybridized carbons (Fsp3) is 0.658. The smallest absolute Gasteiger partial charge is 0.331 e. The third-order valence-corrected chi connectivity index (χ3v) is 12.4. The van der Waals surface area contributed by atoms with Crippen molar-refractivity contribution in [1.29, 1.82) is 0 Å². The molecule has 0 amide bonds. The highest BCUT2D eigenvalue weighted by atomic mass is 16.5. The largest absolute Gasteiger partial charge is 0.504 e. The first kappa shape index (κ1) is 31.0.